The molecule has 0 amide bonds. The van der Waals surface area contributed by atoms with E-state index in [1.165, 1.54) is 16.7 Å². The van der Waals surface area contributed by atoms with Crippen LogP contribution in [0.25, 0.3) is 0 Å². The van der Waals surface area contributed by atoms with E-state index in [0.29, 0.717) is 6.42 Å². The number of rotatable bonds is 8. The second kappa shape index (κ2) is 9.11. The lowest BCUT2D eigenvalue weighted by atomic mass is 9.91. The molecule has 0 saturated carbocycles. The van der Waals surface area contributed by atoms with E-state index in [9.17, 15) is 4.79 Å². The first-order chi connectivity index (χ1) is 11.7. The van der Waals surface area contributed by atoms with Gasteiger partial charge in [0.15, 0.2) is 0 Å². The Hall–Kier alpha value is -2.29. The Kier molecular flexibility index (Phi) is 6.86. The van der Waals surface area contributed by atoms with Crippen LogP contribution in [0, 0.1) is 0 Å². The molecule has 2 aromatic carbocycles. The molecule has 2 aromatic rings. The zero-order valence-corrected chi connectivity index (χ0v) is 14.5. The normalized spacial score (nSPS) is 11.9. The van der Waals surface area contributed by atoms with Gasteiger partial charge in [-0.25, -0.2) is 4.79 Å². The fraction of sp³-hybridized carbons (Fsp3) is 0.381. The van der Waals surface area contributed by atoms with Crippen molar-refractivity contribution in [3.8, 4) is 0 Å². The van der Waals surface area contributed by atoms with Crippen molar-refractivity contribution in [3.05, 3.63) is 70.8 Å². The molecule has 1 atom stereocenters. The summed E-state index contributed by atoms with van der Waals surface area (Å²) >= 11 is 0. The van der Waals surface area contributed by atoms with E-state index in [4.69, 9.17) is 9.84 Å². The molecule has 0 aliphatic rings. The number of carbonyl (C=O) groups is 1. The topological polar surface area (TPSA) is 46.5 Å². The fourth-order valence-electron chi connectivity index (χ4n) is 3.25. The Labute approximate surface area is 144 Å². The van der Waals surface area contributed by atoms with Crippen molar-refractivity contribution in [2.24, 2.45) is 0 Å². The van der Waals surface area contributed by atoms with Crippen LogP contribution in [0.1, 0.15) is 55.0 Å². The summed E-state index contributed by atoms with van der Waals surface area (Å²) in [5.74, 6) is 0. The Morgan fingerprint density at radius 3 is 2.42 bits per heavy atom. The highest BCUT2D eigenvalue weighted by Gasteiger charge is 2.20. The van der Waals surface area contributed by atoms with Crippen molar-refractivity contribution < 1.29 is 14.6 Å². The lowest BCUT2D eigenvalue weighted by Crippen LogP contribution is -2.13. The van der Waals surface area contributed by atoms with Crippen LogP contribution in [0.2, 0.25) is 0 Å². The van der Waals surface area contributed by atoms with Gasteiger partial charge in [-0.05, 0) is 54.4 Å². The van der Waals surface area contributed by atoms with Crippen molar-refractivity contribution in [1.82, 2.24) is 0 Å². The molecule has 3 heteroatoms. The molecule has 128 valence electrons. The van der Waals surface area contributed by atoms with Crippen molar-refractivity contribution in [2.75, 3.05) is 0 Å². The maximum Gasteiger partial charge on any atom is 0.506 e. The second-order valence-corrected chi connectivity index (χ2v) is 5.94. The van der Waals surface area contributed by atoms with Crippen LogP contribution in [0.3, 0.4) is 0 Å². The SMILES string of the molecule is CCc1cccc(C(CCCc2ccccc2)OC(=O)O)c1CC. The standard InChI is InChI=1S/C21H26O3/c1-3-17-13-9-14-19(18(17)4-2)20(24-21(22)23)15-8-12-16-10-6-5-7-11-16/h5-7,9-11,13-14,20H,3-4,8,12,15H2,1-2H3,(H,22,23). The Morgan fingerprint density at radius 1 is 1.04 bits per heavy atom. The van der Waals surface area contributed by atoms with Gasteiger partial charge < -0.3 is 9.84 Å². The summed E-state index contributed by atoms with van der Waals surface area (Å²) < 4.78 is 5.23. The van der Waals surface area contributed by atoms with Gasteiger partial charge in [-0.3, -0.25) is 0 Å². The van der Waals surface area contributed by atoms with Crippen molar-refractivity contribution in [2.45, 2.75) is 52.1 Å². The number of benzene rings is 2. The molecule has 3 nitrogen and oxygen atoms in total. The average molecular weight is 326 g/mol. The van der Waals surface area contributed by atoms with Gasteiger partial charge in [0.05, 0.1) is 0 Å². The molecule has 24 heavy (non-hydrogen) atoms. The summed E-state index contributed by atoms with van der Waals surface area (Å²) in [5.41, 5.74) is 4.79. The quantitative estimate of drug-likeness (QED) is 0.645. The van der Waals surface area contributed by atoms with E-state index in [2.05, 4.69) is 32.0 Å². The highest BCUT2D eigenvalue weighted by Crippen LogP contribution is 2.29. The lowest BCUT2D eigenvalue weighted by Gasteiger charge is -2.21. The zero-order valence-electron chi connectivity index (χ0n) is 14.5. The van der Waals surface area contributed by atoms with E-state index in [1.807, 2.05) is 30.3 Å². The van der Waals surface area contributed by atoms with E-state index in [0.717, 1.165) is 31.2 Å². The van der Waals surface area contributed by atoms with Crippen molar-refractivity contribution >= 4 is 6.16 Å². The van der Waals surface area contributed by atoms with E-state index in [-0.39, 0.29) is 0 Å². The molecule has 1 unspecified atom stereocenters. The third-order valence-corrected chi connectivity index (χ3v) is 4.41. The van der Waals surface area contributed by atoms with Crippen LogP contribution in [-0.2, 0) is 24.0 Å². The highest BCUT2D eigenvalue weighted by atomic mass is 16.7. The number of hydrogen-bond donors (Lipinski definition) is 1. The Morgan fingerprint density at radius 2 is 1.79 bits per heavy atom. The molecular formula is C21H26O3. The van der Waals surface area contributed by atoms with E-state index >= 15 is 0 Å². The summed E-state index contributed by atoms with van der Waals surface area (Å²) in [7, 11) is 0. The molecule has 0 fully saturated rings. The van der Waals surface area contributed by atoms with Crippen LogP contribution in [0.15, 0.2) is 48.5 Å². The lowest BCUT2D eigenvalue weighted by molar-refractivity contribution is 0.0464. The van der Waals surface area contributed by atoms with Gasteiger partial charge in [0.1, 0.15) is 6.10 Å². The van der Waals surface area contributed by atoms with Crippen LogP contribution < -0.4 is 0 Å². The minimum atomic E-state index is -1.20. The number of ether oxygens (including phenoxy) is 1. The van der Waals surface area contributed by atoms with Gasteiger partial charge in [-0.1, -0.05) is 62.4 Å². The molecule has 0 heterocycles. The Bertz CT molecular complexity index is 649. The van der Waals surface area contributed by atoms with Gasteiger partial charge in [-0.2, -0.15) is 0 Å². The molecule has 0 radical (unpaired) electrons. The molecule has 2 rings (SSSR count). The number of hydrogen-bond acceptors (Lipinski definition) is 2. The zero-order chi connectivity index (χ0) is 17.4. The summed E-state index contributed by atoms with van der Waals surface area (Å²) in [4.78, 5) is 11.1. The molecule has 0 aromatic heterocycles. The smallest absolute Gasteiger partial charge is 0.450 e. The predicted molar refractivity (Wildman–Crippen MR) is 96.4 cm³/mol. The van der Waals surface area contributed by atoms with Gasteiger partial charge in [0.2, 0.25) is 0 Å². The van der Waals surface area contributed by atoms with Crippen LogP contribution >= 0.6 is 0 Å². The molecule has 0 spiro atoms. The minimum absolute atomic E-state index is 0.396. The summed E-state index contributed by atoms with van der Waals surface area (Å²) in [6, 6.07) is 16.4. The first-order valence-electron chi connectivity index (χ1n) is 8.69. The summed E-state index contributed by atoms with van der Waals surface area (Å²) in [6.07, 6.45) is 2.74. The molecule has 0 aliphatic heterocycles. The van der Waals surface area contributed by atoms with Gasteiger partial charge in [0.25, 0.3) is 0 Å². The summed E-state index contributed by atoms with van der Waals surface area (Å²) in [6.45, 7) is 4.24. The van der Waals surface area contributed by atoms with Crippen LogP contribution in [-0.4, -0.2) is 11.3 Å². The average Bonchev–Trinajstić information content (AvgIpc) is 2.60. The third-order valence-electron chi connectivity index (χ3n) is 4.41. The van der Waals surface area contributed by atoms with Crippen molar-refractivity contribution in [1.29, 1.82) is 0 Å². The highest BCUT2D eigenvalue weighted by molar-refractivity contribution is 5.57. The van der Waals surface area contributed by atoms with E-state index in [1.54, 1.807) is 0 Å². The maximum atomic E-state index is 11.1. The molecule has 0 saturated heterocycles. The van der Waals surface area contributed by atoms with E-state index < -0.39 is 12.3 Å². The molecule has 0 bridgehead atoms. The van der Waals surface area contributed by atoms with Gasteiger partial charge >= 0.3 is 6.16 Å². The maximum absolute atomic E-state index is 11.1. The van der Waals surface area contributed by atoms with Crippen LogP contribution in [0.5, 0.6) is 0 Å². The first kappa shape index (κ1) is 18.1. The first-order valence-corrected chi connectivity index (χ1v) is 8.69. The molecule has 1 N–H and O–H groups in total. The fourth-order valence-corrected chi connectivity index (χ4v) is 3.25. The van der Waals surface area contributed by atoms with Gasteiger partial charge in [0, 0.05) is 0 Å². The Balaban J connectivity index is 2.14. The third kappa shape index (κ3) is 4.85. The molecular weight excluding hydrogens is 300 g/mol. The number of carboxylic acid groups (broad SMARTS) is 1. The monoisotopic (exact) mass is 326 g/mol. The largest absolute Gasteiger partial charge is 0.506 e. The number of aryl methyl sites for hydroxylation is 2. The van der Waals surface area contributed by atoms with Crippen molar-refractivity contribution in [3.63, 3.8) is 0 Å². The second-order valence-electron chi connectivity index (χ2n) is 5.94. The predicted octanol–water partition coefficient (Wildman–Crippen LogP) is 5.57. The molecule has 0 aliphatic carbocycles. The van der Waals surface area contributed by atoms with Gasteiger partial charge in [-0.15, -0.1) is 0 Å². The minimum Gasteiger partial charge on any atom is -0.450 e. The summed E-state index contributed by atoms with van der Waals surface area (Å²) in [5, 5.41) is 9.13. The van der Waals surface area contributed by atoms with Crippen LogP contribution in [0.4, 0.5) is 4.79 Å².